The number of aromatic amines is 1. The van der Waals surface area contributed by atoms with E-state index in [1.54, 1.807) is 40.0 Å². The smallest absolute Gasteiger partial charge is 0.355 e. The molecule has 0 amide bonds. The zero-order chi connectivity index (χ0) is 25.6. The number of esters is 1. The van der Waals surface area contributed by atoms with Gasteiger partial charge in [-0.25, -0.2) is 4.79 Å². The number of aromatic nitrogens is 1. The van der Waals surface area contributed by atoms with E-state index in [9.17, 15) is 30.3 Å². The van der Waals surface area contributed by atoms with Crippen LogP contribution in [-0.2, 0) is 14.2 Å². The van der Waals surface area contributed by atoms with Crippen molar-refractivity contribution in [3.63, 3.8) is 0 Å². The molecule has 11 atom stereocenters. The molecule has 1 saturated carbocycles. The van der Waals surface area contributed by atoms with Crippen LogP contribution >= 0.6 is 0 Å². The molecular weight excluding hydrogens is 458 g/mol. The second-order valence-electron chi connectivity index (χ2n) is 12.3. The summed E-state index contributed by atoms with van der Waals surface area (Å²) in [6, 6.07) is 3.11. The predicted molar refractivity (Wildman–Crippen MR) is 119 cm³/mol. The first-order chi connectivity index (χ1) is 16.1. The first-order valence-corrected chi connectivity index (χ1v) is 12.4. The standard InChI is InChI=1S/C25H35NO9/c1-12(2)23(31)18(33-16(28)14-7-6-10-26-14)25(32)19(4)11-22(30)20(23,5)17(34-25)24(35-22)15(27)13(3)8-9-21(19,24)29/h6-7,10,12-13,15,17-18,26-27,29-32H,8-9,11H2,1-5H3/t13-,15+,17+,18+,19-,20-,21-,22-,23+,24-,25-/m0/s1. The molecule has 5 fully saturated rings. The molecule has 10 heteroatoms. The predicted octanol–water partition coefficient (Wildman–Crippen LogP) is 0.424. The van der Waals surface area contributed by atoms with Crippen molar-refractivity contribution in [3.05, 3.63) is 24.0 Å². The molecule has 0 radical (unpaired) electrons. The lowest BCUT2D eigenvalue weighted by Crippen LogP contribution is -2.90. The van der Waals surface area contributed by atoms with Crippen LogP contribution in [0.25, 0.3) is 0 Å². The van der Waals surface area contributed by atoms with Crippen LogP contribution in [0.15, 0.2) is 18.3 Å². The van der Waals surface area contributed by atoms with Crippen molar-refractivity contribution in [1.29, 1.82) is 0 Å². The summed E-state index contributed by atoms with van der Waals surface area (Å²) in [6.45, 7) is 8.36. The van der Waals surface area contributed by atoms with E-state index >= 15 is 0 Å². The Balaban J connectivity index is 1.64. The summed E-state index contributed by atoms with van der Waals surface area (Å²) in [6.07, 6.45) is -2.37. The Kier molecular flexibility index (Phi) is 4.29. The molecule has 1 aromatic heterocycles. The van der Waals surface area contributed by atoms with Gasteiger partial charge in [0.1, 0.15) is 23.0 Å². The summed E-state index contributed by atoms with van der Waals surface area (Å²) in [5.41, 5.74) is -8.97. The van der Waals surface area contributed by atoms with E-state index in [4.69, 9.17) is 14.2 Å². The average molecular weight is 494 g/mol. The lowest BCUT2D eigenvalue weighted by molar-refractivity contribution is -0.496. The molecule has 10 nitrogen and oxygen atoms in total. The van der Waals surface area contributed by atoms with Crippen molar-refractivity contribution in [1.82, 2.24) is 4.98 Å². The van der Waals surface area contributed by atoms with Crippen LogP contribution in [0.1, 0.15) is 64.4 Å². The number of hydrogen-bond donors (Lipinski definition) is 6. The van der Waals surface area contributed by atoms with Gasteiger partial charge in [0, 0.05) is 12.6 Å². The van der Waals surface area contributed by atoms with Gasteiger partial charge >= 0.3 is 5.97 Å². The number of H-pyrrole nitrogens is 1. The minimum absolute atomic E-state index is 0.108. The number of fused-ring (bicyclic) bond motifs is 4. The van der Waals surface area contributed by atoms with Crippen LogP contribution in [0.3, 0.4) is 0 Å². The van der Waals surface area contributed by atoms with E-state index < -0.39 is 69.4 Å². The summed E-state index contributed by atoms with van der Waals surface area (Å²) >= 11 is 0. The zero-order valence-electron chi connectivity index (χ0n) is 20.6. The van der Waals surface area contributed by atoms with Crippen LogP contribution in [0.5, 0.6) is 0 Å². The third-order valence-corrected chi connectivity index (χ3v) is 10.8. The minimum Gasteiger partial charge on any atom is -0.449 e. The van der Waals surface area contributed by atoms with E-state index in [2.05, 4.69) is 4.98 Å². The highest BCUT2D eigenvalue weighted by Gasteiger charge is 2.99. The van der Waals surface area contributed by atoms with Crippen LogP contribution < -0.4 is 0 Å². The monoisotopic (exact) mass is 493 g/mol. The first kappa shape index (κ1) is 23.8. The van der Waals surface area contributed by atoms with Gasteiger partial charge < -0.3 is 44.7 Å². The molecule has 5 heterocycles. The summed E-state index contributed by atoms with van der Waals surface area (Å²) in [4.78, 5) is 15.9. The fraction of sp³-hybridized carbons (Fsp3) is 0.800. The summed E-state index contributed by atoms with van der Waals surface area (Å²) < 4.78 is 18.5. The number of hydrogen-bond acceptors (Lipinski definition) is 9. The fourth-order valence-electron chi connectivity index (χ4n) is 8.68. The van der Waals surface area contributed by atoms with Crippen molar-refractivity contribution in [2.75, 3.05) is 0 Å². The number of aliphatic hydroxyl groups excluding tert-OH is 1. The van der Waals surface area contributed by atoms with E-state index in [-0.39, 0.29) is 24.5 Å². The van der Waals surface area contributed by atoms with Crippen LogP contribution in [0.2, 0.25) is 0 Å². The van der Waals surface area contributed by atoms with E-state index in [0.29, 0.717) is 6.42 Å². The molecule has 6 N–H and O–H groups in total. The number of carbonyl (C=O) groups excluding carboxylic acids is 1. The maximum absolute atomic E-state index is 13.1. The van der Waals surface area contributed by atoms with E-state index in [0.717, 1.165) is 0 Å². The highest BCUT2D eigenvalue weighted by Crippen LogP contribution is 2.82. The number of ether oxygens (including phenoxy) is 3. The maximum atomic E-state index is 13.1. The lowest BCUT2D eigenvalue weighted by Gasteiger charge is -2.73. The average Bonchev–Trinajstić information content (AvgIpc) is 3.36. The molecule has 1 aliphatic carbocycles. The van der Waals surface area contributed by atoms with E-state index in [1.807, 2.05) is 6.92 Å². The van der Waals surface area contributed by atoms with Gasteiger partial charge in [0.2, 0.25) is 5.79 Å². The fourth-order valence-corrected chi connectivity index (χ4v) is 8.68. The Bertz CT molecular complexity index is 1090. The number of nitrogens with one attached hydrogen (secondary N) is 1. The van der Waals surface area contributed by atoms with Gasteiger partial charge in [0.05, 0.1) is 16.9 Å². The van der Waals surface area contributed by atoms with Gasteiger partial charge in [-0.1, -0.05) is 27.7 Å². The van der Waals surface area contributed by atoms with Gasteiger partial charge in [-0.15, -0.1) is 0 Å². The highest BCUT2D eigenvalue weighted by atomic mass is 16.7. The quantitative estimate of drug-likeness (QED) is 0.328. The maximum Gasteiger partial charge on any atom is 0.355 e. The first-order valence-electron chi connectivity index (χ1n) is 12.4. The van der Waals surface area contributed by atoms with Gasteiger partial charge in [-0.05, 0) is 43.7 Å². The van der Waals surface area contributed by atoms with Crippen molar-refractivity contribution >= 4 is 5.97 Å². The van der Waals surface area contributed by atoms with Crippen molar-refractivity contribution in [2.24, 2.45) is 22.7 Å². The molecule has 0 unspecified atom stereocenters. The molecule has 5 bridgehead atoms. The summed E-state index contributed by atoms with van der Waals surface area (Å²) in [7, 11) is 0. The SMILES string of the molecule is CC(C)[C@@]1(O)[C@@H](OC(=O)c2ccc[nH]2)[C@]2(O)O[C@H]3[C@]45O[C@@](O)(C[C@@]2(C)[C@@]4(O)CC[C@H](C)[C@H]5O)[C@]31C. The third-order valence-electron chi connectivity index (χ3n) is 10.8. The summed E-state index contributed by atoms with van der Waals surface area (Å²) in [5, 5.41) is 61.0. The lowest BCUT2D eigenvalue weighted by atomic mass is 9.44. The third kappa shape index (κ3) is 2.04. The van der Waals surface area contributed by atoms with Gasteiger partial charge in [0.15, 0.2) is 17.5 Å². The Labute approximate surface area is 203 Å². The zero-order valence-corrected chi connectivity index (χ0v) is 20.6. The molecular formula is C25H35NO9. The van der Waals surface area contributed by atoms with E-state index in [1.165, 1.54) is 6.07 Å². The van der Waals surface area contributed by atoms with Crippen LogP contribution in [0.4, 0.5) is 0 Å². The van der Waals surface area contributed by atoms with Gasteiger partial charge in [0.25, 0.3) is 0 Å². The second kappa shape index (κ2) is 6.30. The van der Waals surface area contributed by atoms with Crippen molar-refractivity contribution in [3.8, 4) is 0 Å². The normalized spacial score (nSPS) is 58.0. The number of carbonyl (C=O) groups is 1. The molecule has 194 valence electrons. The van der Waals surface area contributed by atoms with Crippen molar-refractivity contribution in [2.45, 2.75) is 101 Å². The van der Waals surface area contributed by atoms with Crippen LogP contribution in [0, 0.1) is 22.7 Å². The Morgan fingerprint density at radius 2 is 1.91 bits per heavy atom. The topological polar surface area (TPSA) is 162 Å². The summed E-state index contributed by atoms with van der Waals surface area (Å²) in [5.74, 6) is -6.29. The molecule has 4 aliphatic heterocycles. The molecule has 6 rings (SSSR count). The minimum atomic E-state index is -2.40. The Morgan fingerprint density at radius 3 is 2.51 bits per heavy atom. The largest absolute Gasteiger partial charge is 0.449 e. The Morgan fingerprint density at radius 1 is 1.23 bits per heavy atom. The van der Waals surface area contributed by atoms with Crippen molar-refractivity contribution < 1.29 is 44.5 Å². The molecule has 1 aromatic rings. The molecule has 35 heavy (non-hydrogen) atoms. The van der Waals surface area contributed by atoms with Gasteiger partial charge in [-0.2, -0.15) is 0 Å². The molecule has 5 aliphatic rings. The molecule has 0 aromatic carbocycles. The van der Waals surface area contributed by atoms with Gasteiger partial charge in [-0.3, -0.25) is 0 Å². The molecule has 4 saturated heterocycles. The Hall–Kier alpha value is -1.53. The van der Waals surface area contributed by atoms with Crippen LogP contribution in [-0.4, -0.2) is 83.2 Å². The number of aliphatic hydroxyl groups is 5. The number of rotatable bonds is 3. The second-order valence-corrected chi connectivity index (χ2v) is 12.3. The highest BCUT2D eigenvalue weighted by molar-refractivity contribution is 5.87. The molecule has 1 spiro atoms.